The van der Waals surface area contributed by atoms with E-state index in [-0.39, 0.29) is 18.3 Å². The molecule has 0 fully saturated rings. The Kier molecular flexibility index (Phi) is 2.13. The molecule has 0 amide bonds. The number of ether oxygens (including phenoxy) is 1. The van der Waals surface area contributed by atoms with Crippen molar-refractivity contribution in [2.24, 2.45) is 0 Å². The maximum Gasteiger partial charge on any atom is 0.306 e. The highest BCUT2D eigenvalue weighted by Crippen LogP contribution is 2.34. The molecule has 2 N–H and O–H groups in total. The van der Waals surface area contributed by atoms with E-state index < -0.39 is 5.97 Å². The molecule has 2 rings (SSSR count). The number of carboxylic acid groups (broad SMARTS) is 1. The second kappa shape index (κ2) is 3.31. The quantitative estimate of drug-likeness (QED) is 0.747. The molecule has 1 aliphatic rings. The smallest absolute Gasteiger partial charge is 0.306 e. The standard InChI is InChI=1S/C10H10O4/c11-7-1-2-8-6(3-7)5-14-9(8)4-10(12)13/h1-3,9,11H,4-5H2,(H,12,13)/t9-/m0/s1. The first kappa shape index (κ1) is 9.02. The number of aliphatic carboxylic acids is 1. The Morgan fingerprint density at radius 3 is 3.07 bits per heavy atom. The van der Waals surface area contributed by atoms with Gasteiger partial charge in [-0.1, -0.05) is 6.07 Å². The van der Waals surface area contributed by atoms with Gasteiger partial charge in [0.1, 0.15) is 5.75 Å². The minimum absolute atomic E-state index is 0.0300. The van der Waals surface area contributed by atoms with E-state index in [4.69, 9.17) is 9.84 Å². The zero-order chi connectivity index (χ0) is 10.1. The summed E-state index contributed by atoms with van der Waals surface area (Å²) in [5.41, 5.74) is 1.74. The molecule has 0 aliphatic carbocycles. The Bertz CT molecular complexity index is 372. The lowest BCUT2D eigenvalue weighted by atomic mass is 10.0. The first-order valence-corrected chi connectivity index (χ1v) is 4.32. The maximum absolute atomic E-state index is 10.5. The van der Waals surface area contributed by atoms with Crippen molar-refractivity contribution in [1.82, 2.24) is 0 Å². The van der Waals surface area contributed by atoms with Crippen LogP contribution in [0.3, 0.4) is 0 Å². The van der Waals surface area contributed by atoms with Crippen molar-refractivity contribution in [2.45, 2.75) is 19.1 Å². The summed E-state index contributed by atoms with van der Waals surface area (Å²) in [5, 5.41) is 17.8. The molecular formula is C10H10O4. The van der Waals surface area contributed by atoms with Gasteiger partial charge in [0.25, 0.3) is 0 Å². The molecule has 74 valence electrons. The summed E-state index contributed by atoms with van der Waals surface area (Å²) < 4.78 is 5.30. The Morgan fingerprint density at radius 1 is 1.57 bits per heavy atom. The van der Waals surface area contributed by atoms with Crippen molar-refractivity contribution in [1.29, 1.82) is 0 Å². The molecule has 0 saturated carbocycles. The molecule has 0 radical (unpaired) electrons. The molecule has 1 aliphatic heterocycles. The summed E-state index contributed by atoms with van der Waals surface area (Å²) in [6.45, 7) is 0.377. The number of benzene rings is 1. The zero-order valence-electron chi connectivity index (χ0n) is 7.43. The van der Waals surface area contributed by atoms with E-state index in [0.29, 0.717) is 6.61 Å². The molecule has 1 heterocycles. The molecule has 4 heteroatoms. The van der Waals surface area contributed by atoms with Crippen LogP contribution in [0.2, 0.25) is 0 Å². The van der Waals surface area contributed by atoms with Gasteiger partial charge in [-0.25, -0.2) is 0 Å². The minimum Gasteiger partial charge on any atom is -0.508 e. The van der Waals surface area contributed by atoms with Crippen molar-refractivity contribution in [2.75, 3.05) is 0 Å². The van der Waals surface area contributed by atoms with Crippen LogP contribution in [0.4, 0.5) is 0 Å². The third-order valence-corrected chi connectivity index (χ3v) is 2.27. The molecule has 0 bridgehead atoms. The Labute approximate surface area is 80.7 Å². The van der Waals surface area contributed by atoms with Crippen molar-refractivity contribution in [3.8, 4) is 5.75 Å². The van der Waals surface area contributed by atoms with Crippen LogP contribution in [0.15, 0.2) is 18.2 Å². The maximum atomic E-state index is 10.5. The molecule has 1 aromatic rings. The van der Waals surface area contributed by atoms with E-state index in [0.717, 1.165) is 11.1 Å². The van der Waals surface area contributed by atoms with Gasteiger partial charge < -0.3 is 14.9 Å². The average molecular weight is 194 g/mol. The molecular weight excluding hydrogens is 184 g/mol. The third kappa shape index (κ3) is 1.56. The van der Waals surface area contributed by atoms with E-state index in [1.54, 1.807) is 18.2 Å². The lowest BCUT2D eigenvalue weighted by molar-refractivity contribution is -0.140. The van der Waals surface area contributed by atoms with Crippen LogP contribution in [-0.4, -0.2) is 16.2 Å². The molecule has 0 unspecified atom stereocenters. The van der Waals surface area contributed by atoms with Gasteiger partial charge in [0.2, 0.25) is 0 Å². The van der Waals surface area contributed by atoms with Crippen molar-refractivity contribution < 1.29 is 19.7 Å². The molecule has 0 saturated heterocycles. The van der Waals surface area contributed by atoms with Gasteiger partial charge in [-0.15, -0.1) is 0 Å². The van der Waals surface area contributed by atoms with Gasteiger partial charge in [0, 0.05) is 0 Å². The van der Waals surface area contributed by atoms with Gasteiger partial charge in [0.05, 0.1) is 19.1 Å². The van der Waals surface area contributed by atoms with E-state index >= 15 is 0 Å². The van der Waals surface area contributed by atoms with Crippen LogP contribution >= 0.6 is 0 Å². The Hall–Kier alpha value is -1.55. The predicted octanol–water partition coefficient (Wildman–Crippen LogP) is 1.44. The van der Waals surface area contributed by atoms with Crippen LogP contribution in [0.5, 0.6) is 5.75 Å². The summed E-state index contributed by atoms with van der Waals surface area (Å²) in [4.78, 5) is 10.5. The van der Waals surface area contributed by atoms with Gasteiger partial charge in [0.15, 0.2) is 0 Å². The van der Waals surface area contributed by atoms with E-state index in [2.05, 4.69) is 0 Å². The van der Waals surface area contributed by atoms with Crippen molar-refractivity contribution in [3.63, 3.8) is 0 Å². The first-order chi connectivity index (χ1) is 6.66. The number of hydrogen-bond acceptors (Lipinski definition) is 3. The first-order valence-electron chi connectivity index (χ1n) is 4.32. The summed E-state index contributed by atoms with van der Waals surface area (Å²) >= 11 is 0. The van der Waals surface area contributed by atoms with Crippen molar-refractivity contribution >= 4 is 5.97 Å². The lowest BCUT2D eigenvalue weighted by Crippen LogP contribution is -2.04. The van der Waals surface area contributed by atoms with Gasteiger partial charge >= 0.3 is 5.97 Å². The number of carbonyl (C=O) groups is 1. The van der Waals surface area contributed by atoms with Gasteiger partial charge in [-0.3, -0.25) is 4.79 Å². The van der Waals surface area contributed by atoms with Crippen LogP contribution < -0.4 is 0 Å². The Balaban J connectivity index is 2.26. The van der Waals surface area contributed by atoms with Crippen LogP contribution in [0.25, 0.3) is 0 Å². The molecule has 0 aromatic heterocycles. The Morgan fingerprint density at radius 2 is 2.36 bits per heavy atom. The molecule has 1 aromatic carbocycles. The highest BCUT2D eigenvalue weighted by molar-refractivity contribution is 5.68. The third-order valence-electron chi connectivity index (χ3n) is 2.27. The molecule has 4 nitrogen and oxygen atoms in total. The number of carboxylic acids is 1. The number of phenols is 1. The highest BCUT2D eigenvalue weighted by Gasteiger charge is 2.25. The zero-order valence-corrected chi connectivity index (χ0v) is 7.43. The summed E-state index contributed by atoms with van der Waals surface area (Å²) in [6, 6.07) is 4.87. The monoisotopic (exact) mass is 194 g/mol. The predicted molar refractivity (Wildman–Crippen MR) is 47.9 cm³/mol. The number of aromatic hydroxyl groups is 1. The highest BCUT2D eigenvalue weighted by atomic mass is 16.5. The van der Waals surface area contributed by atoms with Crippen LogP contribution in [0.1, 0.15) is 23.7 Å². The number of rotatable bonds is 2. The average Bonchev–Trinajstić information content (AvgIpc) is 2.47. The fraction of sp³-hybridized carbons (Fsp3) is 0.300. The largest absolute Gasteiger partial charge is 0.508 e. The van der Waals surface area contributed by atoms with Crippen LogP contribution in [-0.2, 0) is 16.1 Å². The van der Waals surface area contributed by atoms with Crippen molar-refractivity contribution in [3.05, 3.63) is 29.3 Å². The molecule has 1 atom stereocenters. The molecule has 14 heavy (non-hydrogen) atoms. The van der Waals surface area contributed by atoms with E-state index in [1.807, 2.05) is 0 Å². The van der Waals surface area contributed by atoms with Gasteiger partial charge in [-0.2, -0.15) is 0 Å². The molecule has 0 spiro atoms. The minimum atomic E-state index is -0.879. The van der Waals surface area contributed by atoms with E-state index in [9.17, 15) is 9.90 Å². The van der Waals surface area contributed by atoms with Gasteiger partial charge in [-0.05, 0) is 23.3 Å². The summed E-state index contributed by atoms with van der Waals surface area (Å²) in [6.07, 6.45) is -0.402. The number of fused-ring (bicyclic) bond motifs is 1. The van der Waals surface area contributed by atoms with Crippen LogP contribution in [0, 0.1) is 0 Å². The summed E-state index contributed by atoms with van der Waals surface area (Å²) in [7, 11) is 0. The fourth-order valence-corrected chi connectivity index (χ4v) is 1.64. The fourth-order valence-electron chi connectivity index (χ4n) is 1.64. The SMILES string of the molecule is O=C(O)C[C@@H]1OCc2cc(O)ccc21. The second-order valence-corrected chi connectivity index (χ2v) is 3.28. The van der Waals surface area contributed by atoms with E-state index in [1.165, 1.54) is 0 Å². The topological polar surface area (TPSA) is 66.8 Å². The second-order valence-electron chi connectivity index (χ2n) is 3.28. The number of hydrogen-bond donors (Lipinski definition) is 2. The lowest BCUT2D eigenvalue weighted by Gasteiger charge is -2.07. The number of phenolic OH excluding ortho intramolecular Hbond substituents is 1. The normalized spacial score (nSPS) is 19.3. The summed E-state index contributed by atoms with van der Waals surface area (Å²) in [5.74, 6) is -0.695.